The van der Waals surface area contributed by atoms with Crippen molar-refractivity contribution in [2.45, 2.75) is 39.8 Å². The Kier molecular flexibility index (Phi) is 12.4. The van der Waals surface area contributed by atoms with Gasteiger partial charge in [0.05, 0.1) is 26.4 Å². The van der Waals surface area contributed by atoms with Gasteiger partial charge in [0.25, 0.3) is 0 Å². The number of hydrogen-bond donors (Lipinski definition) is 2. The molecule has 0 spiro atoms. The molecule has 0 bridgehead atoms. The molecule has 0 amide bonds. The second-order valence-electron chi connectivity index (χ2n) is 6.57. The van der Waals surface area contributed by atoms with Crippen LogP contribution in [-0.4, -0.2) is 62.9 Å². The third-order valence-electron chi connectivity index (χ3n) is 4.37. The predicted molar refractivity (Wildman–Crippen MR) is 122 cm³/mol. The van der Waals surface area contributed by atoms with E-state index in [1.54, 1.807) is 0 Å². The van der Waals surface area contributed by atoms with E-state index in [0.29, 0.717) is 12.6 Å². The molecule has 0 aliphatic carbocycles. The lowest BCUT2D eigenvalue weighted by atomic mass is 10.2. The Balaban J connectivity index is 0.00000364. The topological polar surface area (TPSA) is 58.1 Å². The van der Waals surface area contributed by atoms with Crippen LogP contribution < -0.4 is 15.4 Å². The number of rotatable bonds is 9. The first kappa shape index (κ1) is 24.0. The van der Waals surface area contributed by atoms with Gasteiger partial charge in [0.2, 0.25) is 0 Å². The summed E-state index contributed by atoms with van der Waals surface area (Å²) in [6.45, 7) is 13.2. The maximum atomic E-state index is 5.70. The molecule has 1 aliphatic heterocycles. The van der Waals surface area contributed by atoms with E-state index in [4.69, 9.17) is 14.5 Å². The number of halogens is 1. The van der Waals surface area contributed by atoms with Crippen molar-refractivity contribution in [1.29, 1.82) is 0 Å². The van der Waals surface area contributed by atoms with Gasteiger partial charge in [0.1, 0.15) is 5.75 Å². The highest BCUT2D eigenvalue weighted by molar-refractivity contribution is 14.0. The number of guanidine groups is 1. The van der Waals surface area contributed by atoms with Crippen LogP contribution in [0.15, 0.2) is 29.3 Å². The van der Waals surface area contributed by atoms with E-state index in [9.17, 15) is 0 Å². The molecule has 2 N–H and O–H groups in total. The summed E-state index contributed by atoms with van der Waals surface area (Å²) in [5, 5.41) is 6.79. The fourth-order valence-electron chi connectivity index (χ4n) is 2.86. The summed E-state index contributed by atoms with van der Waals surface area (Å²) in [7, 11) is 0. The minimum Gasteiger partial charge on any atom is -0.494 e. The molecule has 1 saturated heterocycles. The predicted octanol–water partition coefficient (Wildman–Crippen LogP) is 2.87. The zero-order valence-electron chi connectivity index (χ0n) is 16.9. The van der Waals surface area contributed by atoms with Gasteiger partial charge >= 0.3 is 0 Å². The van der Waals surface area contributed by atoms with E-state index in [2.05, 4.69) is 48.4 Å². The molecule has 0 aromatic heterocycles. The molecule has 1 aromatic carbocycles. The molecule has 154 valence electrons. The second kappa shape index (κ2) is 14.0. The minimum absolute atomic E-state index is 0. The van der Waals surface area contributed by atoms with Gasteiger partial charge in [-0.25, -0.2) is 4.99 Å². The van der Waals surface area contributed by atoms with E-state index in [0.717, 1.165) is 69.7 Å². The van der Waals surface area contributed by atoms with Crippen molar-refractivity contribution < 1.29 is 9.47 Å². The standard InChI is InChI=1S/C20H34N4O2.HI/c1-4-11-26-19-8-6-7-18(14-19)16-23-20(21-5-2)22-15-17(3)24-9-12-25-13-10-24;/h6-8,14,17H,4-5,9-13,15-16H2,1-3H3,(H2,21,22,23);1H. The Morgan fingerprint density at radius 2 is 2.04 bits per heavy atom. The molecule has 0 radical (unpaired) electrons. The smallest absolute Gasteiger partial charge is 0.191 e. The number of aliphatic imine (C=N–C) groups is 1. The number of ether oxygens (including phenoxy) is 2. The van der Waals surface area contributed by atoms with Gasteiger partial charge in [0, 0.05) is 32.2 Å². The second-order valence-corrected chi connectivity index (χ2v) is 6.57. The van der Waals surface area contributed by atoms with E-state index >= 15 is 0 Å². The third-order valence-corrected chi connectivity index (χ3v) is 4.37. The van der Waals surface area contributed by atoms with Crippen LogP contribution in [0.5, 0.6) is 5.75 Å². The van der Waals surface area contributed by atoms with Gasteiger partial charge < -0.3 is 20.1 Å². The average molecular weight is 490 g/mol. The quantitative estimate of drug-likeness (QED) is 0.317. The number of benzene rings is 1. The molecule has 6 nitrogen and oxygen atoms in total. The van der Waals surface area contributed by atoms with Crippen molar-refractivity contribution in [1.82, 2.24) is 15.5 Å². The van der Waals surface area contributed by atoms with Gasteiger partial charge in [-0.15, -0.1) is 24.0 Å². The lowest BCUT2D eigenvalue weighted by Gasteiger charge is -2.32. The molecule has 0 saturated carbocycles. The van der Waals surface area contributed by atoms with E-state index in [1.807, 2.05) is 12.1 Å². The Labute approximate surface area is 181 Å². The Morgan fingerprint density at radius 3 is 2.74 bits per heavy atom. The first-order chi connectivity index (χ1) is 12.7. The van der Waals surface area contributed by atoms with Gasteiger partial charge in [-0.1, -0.05) is 19.1 Å². The number of nitrogens with zero attached hydrogens (tertiary/aromatic N) is 2. The van der Waals surface area contributed by atoms with E-state index < -0.39 is 0 Å². The van der Waals surface area contributed by atoms with Crippen molar-refractivity contribution in [3.63, 3.8) is 0 Å². The van der Waals surface area contributed by atoms with Gasteiger partial charge in [-0.3, -0.25) is 4.90 Å². The molecule has 1 aliphatic rings. The zero-order chi connectivity index (χ0) is 18.6. The molecule has 1 unspecified atom stereocenters. The van der Waals surface area contributed by atoms with Crippen molar-refractivity contribution in [2.75, 3.05) is 46.0 Å². The minimum atomic E-state index is 0. The number of hydrogen-bond acceptors (Lipinski definition) is 4. The summed E-state index contributed by atoms with van der Waals surface area (Å²) < 4.78 is 11.1. The summed E-state index contributed by atoms with van der Waals surface area (Å²) in [5.41, 5.74) is 1.15. The van der Waals surface area contributed by atoms with Crippen LogP contribution in [0.2, 0.25) is 0 Å². The summed E-state index contributed by atoms with van der Waals surface area (Å²) in [5.74, 6) is 1.77. The fourth-order valence-corrected chi connectivity index (χ4v) is 2.86. The van der Waals surface area contributed by atoms with Crippen LogP contribution >= 0.6 is 24.0 Å². The average Bonchev–Trinajstić information content (AvgIpc) is 2.69. The molecular weight excluding hydrogens is 455 g/mol. The zero-order valence-corrected chi connectivity index (χ0v) is 19.2. The van der Waals surface area contributed by atoms with Gasteiger partial charge in [-0.05, 0) is 38.0 Å². The highest BCUT2D eigenvalue weighted by Crippen LogP contribution is 2.14. The molecular formula is C20H35IN4O2. The van der Waals surface area contributed by atoms with Crippen molar-refractivity contribution >= 4 is 29.9 Å². The van der Waals surface area contributed by atoms with Gasteiger partial charge in [-0.2, -0.15) is 0 Å². The lowest BCUT2D eigenvalue weighted by Crippen LogP contribution is -2.49. The Bertz CT molecular complexity index is 551. The molecule has 1 aromatic rings. The third kappa shape index (κ3) is 9.12. The Hall–Kier alpha value is -1.06. The normalized spacial score (nSPS) is 16.3. The Morgan fingerprint density at radius 1 is 1.26 bits per heavy atom. The monoisotopic (exact) mass is 490 g/mol. The summed E-state index contributed by atoms with van der Waals surface area (Å²) >= 11 is 0. The summed E-state index contributed by atoms with van der Waals surface area (Å²) in [6.07, 6.45) is 1.01. The molecule has 1 heterocycles. The summed E-state index contributed by atoms with van der Waals surface area (Å²) in [4.78, 5) is 7.17. The highest BCUT2D eigenvalue weighted by Gasteiger charge is 2.16. The largest absolute Gasteiger partial charge is 0.494 e. The summed E-state index contributed by atoms with van der Waals surface area (Å²) in [6, 6.07) is 8.63. The molecule has 2 rings (SSSR count). The molecule has 7 heteroatoms. The van der Waals surface area contributed by atoms with Gasteiger partial charge in [0.15, 0.2) is 5.96 Å². The van der Waals surface area contributed by atoms with Crippen molar-refractivity contribution in [3.8, 4) is 5.75 Å². The highest BCUT2D eigenvalue weighted by atomic mass is 127. The number of morpholine rings is 1. The van der Waals surface area contributed by atoms with E-state index in [-0.39, 0.29) is 24.0 Å². The fraction of sp³-hybridized carbons (Fsp3) is 0.650. The van der Waals surface area contributed by atoms with Crippen LogP contribution in [-0.2, 0) is 11.3 Å². The van der Waals surface area contributed by atoms with Crippen molar-refractivity contribution in [2.24, 2.45) is 4.99 Å². The SMILES string of the molecule is CCCOc1cccc(CN=C(NCC)NCC(C)N2CCOCC2)c1.I. The van der Waals surface area contributed by atoms with Crippen LogP contribution in [0.1, 0.15) is 32.8 Å². The number of nitrogens with one attached hydrogen (secondary N) is 2. The first-order valence-electron chi connectivity index (χ1n) is 9.78. The van der Waals surface area contributed by atoms with E-state index in [1.165, 1.54) is 0 Å². The maximum absolute atomic E-state index is 5.70. The molecule has 27 heavy (non-hydrogen) atoms. The molecule has 1 fully saturated rings. The maximum Gasteiger partial charge on any atom is 0.191 e. The van der Waals surface area contributed by atoms with Crippen LogP contribution in [0, 0.1) is 0 Å². The van der Waals surface area contributed by atoms with Crippen LogP contribution in [0.4, 0.5) is 0 Å². The first-order valence-corrected chi connectivity index (χ1v) is 9.78. The van der Waals surface area contributed by atoms with Crippen LogP contribution in [0.3, 0.4) is 0 Å². The van der Waals surface area contributed by atoms with Crippen molar-refractivity contribution in [3.05, 3.63) is 29.8 Å². The molecule has 1 atom stereocenters. The van der Waals surface area contributed by atoms with Crippen LogP contribution in [0.25, 0.3) is 0 Å². The lowest BCUT2D eigenvalue weighted by molar-refractivity contribution is 0.0211.